The molecule has 2 aromatic rings. The molecule has 1 heterocycles. The van der Waals surface area contributed by atoms with Crippen LogP contribution in [0.2, 0.25) is 0 Å². The molecule has 0 aliphatic heterocycles. The summed E-state index contributed by atoms with van der Waals surface area (Å²) in [5.74, 6) is -0.275. The Morgan fingerprint density at radius 2 is 1.96 bits per heavy atom. The van der Waals surface area contributed by atoms with Crippen LogP contribution in [0.5, 0.6) is 5.75 Å². The van der Waals surface area contributed by atoms with Crippen molar-refractivity contribution < 1.29 is 15.0 Å². The number of phenols is 1. The Hall–Kier alpha value is -2.82. The number of ketones is 1. The second-order valence-corrected chi connectivity index (χ2v) is 5.41. The number of Topliss-reactive ketones (excluding diaryl/α,β-unsaturated/α-hetero) is 1. The predicted octanol–water partition coefficient (Wildman–Crippen LogP) is 3.67. The molecule has 1 atom stereocenters. The van der Waals surface area contributed by atoms with Gasteiger partial charge in [0.25, 0.3) is 0 Å². The minimum absolute atomic E-state index is 0.0648. The molecule has 0 fully saturated rings. The highest BCUT2D eigenvalue weighted by atomic mass is 16.3. The van der Waals surface area contributed by atoms with E-state index in [1.807, 2.05) is 6.92 Å². The summed E-state index contributed by atoms with van der Waals surface area (Å²) >= 11 is 0. The Balaban J connectivity index is 2.52. The van der Waals surface area contributed by atoms with Crippen LogP contribution in [0.4, 0.5) is 5.69 Å². The molecule has 1 aromatic carbocycles. The molecule has 3 N–H and O–H groups in total. The van der Waals surface area contributed by atoms with E-state index >= 15 is 0 Å². The van der Waals surface area contributed by atoms with E-state index in [9.17, 15) is 15.0 Å². The first-order valence-electron chi connectivity index (χ1n) is 7.28. The van der Waals surface area contributed by atoms with Gasteiger partial charge in [0.05, 0.1) is 22.7 Å². The van der Waals surface area contributed by atoms with E-state index < -0.39 is 6.04 Å². The fourth-order valence-corrected chi connectivity index (χ4v) is 2.43. The molecule has 1 unspecified atom stereocenters. The third-order valence-electron chi connectivity index (χ3n) is 3.49. The van der Waals surface area contributed by atoms with Gasteiger partial charge in [-0.2, -0.15) is 0 Å². The Kier molecular flexibility index (Phi) is 5.01. The number of anilines is 1. The van der Waals surface area contributed by atoms with E-state index in [0.29, 0.717) is 11.4 Å². The maximum Gasteiger partial charge on any atom is 0.161 e. The minimum Gasteiger partial charge on any atom is -0.512 e. The van der Waals surface area contributed by atoms with E-state index in [-0.39, 0.29) is 22.9 Å². The first kappa shape index (κ1) is 16.5. The monoisotopic (exact) mass is 312 g/mol. The number of benzene rings is 1. The van der Waals surface area contributed by atoms with Crippen LogP contribution in [0.15, 0.2) is 53.9 Å². The van der Waals surface area contributed by atoms with Gasteiger partial charge in [-0.05, 0) is 50.6 Å². The molecule has 0 saturated carbocycles. The Labute approximate surface area is 135 Å². The topological polar surface area (TPSA) is 82.5 Å². The highest BCUT2D eigenvalue weighted by Gasteiger charge is 2.24. The lowest BCUT2D eigenvalue weighted by Crippen LogP contribution is -2.20. The van der Waals surface area contributed by atoms with Crippen molar-refractivity contribution in [3.05, 3.63) is 65.2 Å². The number of nitrogens with zero attached hydrogens (tertiary/aromatic N) is 1. The van der Waals surface area contributed by atoms with E-state index in [1.165, 1.54) is 13.8 Å². The average molecular weight is 312 g/mol. The zero-order valence-electron chi connectivity index (χ0n) is 13.4. The first-order chi connectivity index (χ1) is 10.9. The second kappa shape index (κ2) is 6.96. The van der Waals surface area contributed by atoms with Crippen LogP contribution < -0.4 is 5.32 Å². The number of hydrogen-bond donors (Lipinski definition) is 3. The molecule has 120 valence electrons. The standard InChI is InChI=1S/C18H20N2O3/c1-11-7-8-16(23)15(10-11)20-18(14-6-4-5-9-19-14)17(12(2)21)13(3)22/h4-10,18,20-21,23H,1-3H3. The highest BCUT2D eigenvalue weighted by molar-refractivity contribution is 5.95. The summed E-state index contributed by atoms with van der Waals surface area (Å²) in [4.78, 5) is 16.3. The molecule has 1 aromatic heterocycles. The number of hydrogen-bond acceptors (Lipinski definition) is 5. The quantitative estimate of drug-likeness (QED) is 0.446. The van der Waals surface area contributed by atoms with Gasteiger partial charge in [0.15, 0.2) is 5.78 Å². The highest BCUT2D eigenvalue weighted by Crippen LogP contribution is 2.32. The molecule has 0 radical (unpaired) electrons. The smallest absolute Gasteiger partial charge is 0.161 e. The molecule has 0 bridgehead atoms. The number of carbonyl (C=O) groups is 1. The molecular formula is C18H20N2O3. The molecule has 0 amide bonds. The summed E-state index contributed by atoms with van der Waals surface area (Å²) in [6.07, 6.45) is 1.62. The van der Waals surface area contributed by atoms with Crippen LogP contribution in [0, 0.1) is 6.92 Å². The summed E-state index contributed by atoms with van der Waals surface area (Å²) in [5.41, 5.74) is 2.22. The molecule has 2 rings (SSSR count). The number of rotatable bonds is 5. The number of carbonyl (C=O) groups excluding carboxylic acids is 1. The van der Waals surface area contributed by atoms with Gasteiger partial charge in [-0.1, -0.05) is 12.1 Å². The van der Waals surface area contributed by atoms with E-state index in [2.05, 4.69) is 10.3 Å². The zero-order valence-corrected chi connectivity index (χ0v) is 13.4. The number of pyridine rings is 1. The summed E-state index contributed by atoms with van der Waals surface area (Å²) in [6.45, 7) is 4.76. The van der Waals surface area contributed by atoms with Gasteiger partial charge < -0.3 is 15.5 Å². The normalized spacial score (nSPS) is 13.2. The van der Waals surface area contributed by atoms with Gasteiger partial charge in [-0.25, -0.2) is 0 Å². The maximum atomic E-state index is 12.0. The predicted molar refractivity (Wildman–Crippen MR) is 89.5 cm³/mol. The Morgan fingerprint density at radius 3 is 2.52 bits per heavy atom. The molecular weight excluding hydrogens is 292 g/mol. The van der Waals surface area contributed by atoms with Crippen LogP contribution in [0.1, 0.15) is 31.1 Å². The van der Waals surface area contributed by atoms with Gasteiger partial charge in [-0.15, -0.1) is 0 Å². The van der Waals surface area contributed by atoms with Crippen molar-refractivity contribution in [3.63, 3.8) is 0 Å². The Morgan fingerprint density at radius 1 is 1.22 bits per heavy atom. The van der Waals surface area contributed by atoms with Gasteiger partial charge in [0, 0.05) is 6.20 Å². The van der Waals surface area contributed by atoms with Crippen LogP contribution >= 0.6 is 0 Å². The number of aliphatic hydroxyl groups excluding tert-OH is 1. The van der Waals surface area contributed by atoms with Crippen molar-refractivity contribution in [2.45, 2.75) is 26.8 Å². The lowest BCUT2D eigenvalue weighted by atomic mass is 9.98. The van der Waals surface area contributed by atoms with Crippen molar-refractivity contribution in [2.75, 3.05) is 5.32 Å². The molecule has 5 heteroatoms. The van der Waals surface area contributed by atoms with Crippen LogP contribution in [0.3, 0.4) is 0 Å². The third kappa shape index (κ3) is 3.88. The fourth-order valence-electron chi connectivity index (χ4n) is 2.43. The molecule has 5 nitrogen and oxygen atoms in total. The van der Waals surface area contributed by atoms with Crippen molar-refractivity contribution in [1.82, 2.24) is 4.98 Å². The van der Waals surface area contributed by atoms with Crippen LogP contribution in [-0.4, -0.2) is 21.0 Å². The van der Waals surface area contributed by atoms with E-state index in [1.54, 1.807) is 42.6 Å². The number of aliphatic hydroxyl groups is 1. The summed E-state index contributed by atoms with van der Waals surface area (Å²) < 4.78 is 0. The minimum atomic E-state index is -0.661. The third-order valence-corrected chi connectivity index (χ3v) is 3.49. The van der Waals surface area contributed by atoms with Crippen molar-refractivity contribution in [3.8, 4) is 5.75 Å². The number of aromatic hydroxyl groups is 1. The first-order valence-corrected chi connectivity index (χ1v) is 7.28. The van der Waals surface area contributed by atoms with Crippen molar-refractivity contribution in [2.24, 2.45) is 0 Å². The van der Waals surface area contributed by atoms with Crippen LogP contribution in [0.25, 0.3) is 0 Å². The second-order valence-electron chi connectivity index (χ2n) is 5.41. The molecule has 0 spiro atoms. The maximum absolute atomic E-state index is 12.0. The van der Waals surface area contributed by atoms with Crippen molar-refractivity contribution >= 4 is 11.5 Å². The van der Waals surface area contributed by atoms with Crippen molar-refractivity contribution in [1.29, 1.82) is 0 Å². The number of nitrogens with one attached hydrogen (secondary N) is 1. The van der Waals surface area contributed by atoms with Crippen LogP contribution in [-0.2, 0) is 4.79 Å². The van der Waals surface area contributed by atoms with E-state index in [0.717, 1.165) is 5.56 Å². The van der Waals surface area contributed by atoms with Gasteiger partial charge >= 0.3 is 0 Å². The number of aryl methyl sites for hydroxylation is 1. The van der Waals surface area contributed by atoms with Gasteiger partial charge in [0.2, 0.25) is 0 Å². The molecule has 0 aliphatic carbocycles. The number of phenolic OH excluding ortho intramolecular Hbond substituents is 1. The SMILES string of the molecule is CC(=O)C(=C(C)O)C(Nc1cc(C)ccc1O)c1ccccn1. The molecule has 0 aliphatic rings. The average Bonchev–Trinajstić information content (AvgIpc) is 2.50. The summed E-state index contributed by atoms with van der Waals surface area (Å²) in [5, 5.41) is 23.1. The lowest BCUT2D eigenvalue weighted by Gasteiger charge is -2.22. The largest absolute Gasteiger partial charge is 0.512 e. The molecule has 23 heavy (non-hydrogen) atoms. The van der Waals surface area contributed by atoms with E-state index in [4.69, 9.17) is 0 Å². The van der Waals surface area contributed by atoms with Gasteiger partial charge in [0.1, 0.15) is 11.8 Å². The molecule has 0 saturated heterocycles. The summed E-state index contributed by atoms with van der Waals surface area (Å²) in [6, 6.07) is 9.81. The Bertz CT molecular complexity index is 735. The summed E-state index contributed by atoms with van der Waals surface area (Å²) in [7, 11) is 0. The zero-order chi connectivity index (χ0) is 17.0. The fraction of sp³-hybridized carbons (Fsp3) is 0.222. The number of aromatic nitrogens is 1. The number of allylic oxidation sites excluding steroid dienone is 1. The lowest BCUT2D eigenvalue weighted by molar-refractivity contribution is -0.114. The van der Waals surface area contributed by atoms with Gasteiger partial charge in [-0.3, -0.25) is 9.78 Å².